The van der Waals surface area contributed by atoms with Gasteiger partial charge in [0.25, 0.3) is 0 Å². The second-order valence-electron chi connectivity index (χ2n) is 5.88. The maximum absolute atomic E-state index is 11.7. The van der Waals surface area contributed by atoms with E-state index in [2.05, 4.69) is 10.2 Å². The molecule has 1 unspecified atom stereocenters. The number of nitrogen functional groups attached to an aromatic ring is 1. The molecule has 5 nitrogen and oxygen atoms in total. The third kappa shape index (κ3) is 2.50. The van der Waals surface area contributed by atoms with Crippen molar-refractivity contribution in [2.45, 2.75) is 23.8 Å². The first-order chi connectivity index (χ1) is 9.45. The Morgan fingerprint density at radius 3 is 2.55 bits per heavy atom. The zero-order chi connectivity index (χ0) is 14.3. The van der Waals surface area contributed by atoms with Gasteiger partial charge in [-0.1, -0.05) is 6.07 Å². The van der Waals surface area contributed by atoms with Crippen molar-refractivity contribution < 1.29 is 8.42 Å². The average molecular weight is 295 g/mol. The molecule has 3 fully saturated rings. The molecular weight excluding hydrogens is 274 g/mol. The Morgan fingerprint density at radius 1 is 1.30 bits per heavy atom. The Morgan fingerprint density at radius 2 is 2.00 bits per heavy atom. The number of para-hydroxylation sites is 1. The predicted octanol–water partition coefficient (Wildman–Crippen LogP) is 1.18. The molecule has 3 heterocycles. The topological polar surface area (TPSA) is 75.4 Å². The summed E-state index contributed by atoms with van der Waals surface area (Å²) >= 11 is 0. The van der Waals surface area contributed by atoms with Gasteiger partial charge in [-0.2, -0.15) is 0 Å². The zero-order valence-corrected chi connectivity index (χ0v) is 12.5. The van der Waals surface area contributed by atoms with Gasteiger partial charge < -0.3 is 16.0 Å². The monoisotopic (exact) mass is 295 g/mol. The number of nitrogens with zero attached hydrogens (tertiary/aromatic N) is 1. The van der Waals surface area contributed by atoms with Gasteiger partial charge >= 0.3 is 0 Å². The molecule has 1 aromatic carbocycles. The molecular formula is C14H21N3O2S. The number of anilines is 2. The van der Waals surface area contributed by atoms with E-state index in [1.165, 1.54) is 32.2 Å². The first kappa shape index (κ1) is 13.7. The fourth-order valence-electron chi connectivity index (χ4n) is 3.32. The molecule has 1 aromatic rings. The fourth-order valence-corrected chi connectivity index (χ4v) is 4.16. The maximum Gasteiger partial charge on any atom is 0.177 e. The van der Waals surface area contributed by atoms with Gasteiger partial charge in [-0.05, 0) is 44.0 Å². The van der Waals surface area contributed by atoms with E-state index in [4.69, 9.17) is 5.73 Å². The summed E-state index contributed by atoms with van der Waals surface area (Å²) in [6, 6.07) is 5.54. The SMILES string of the molecule is CS(=O)(=O)c1cccc(NC2CN3CCC2CC3)c1N. The Kier molecular flexibility index (Phi) is 3.38. The molecule has 1 atom stereocenters. The van der Waals surface area contributed by atoms with Gasteiger partial charge in [-0.3, -0.25) is 0 Å². The summed E-state index contributed by atoms with van der Waals surface area (Å²) in [7, 11) is -3.28. The van der Waals surface area contributed by atoms with Crippen molar-refractivity contribution in [3.05, 3.63) is 18.2 Å². The molecule has 0 aliphatic carbocycles. The predicted molar refractivity (Wildman–Crippen MR) is 80.5 cm³/mol. The molecule has 20 heavy (non-hydrogen) atoms. The Bertz CT molecular complexity index is 607. The van der Waals surface area contributed by atoms with Crippen LogP contribution in [0.1, 0.15) is 12.8 Å². The number of sulfone groups is 1. The fraction of sp³-hybridized carbons (Fsp3) is 0.571. The molecule has 0 radical (unpaired) electrons. The molecule has 2 bridgehead atoms. The van der Waals surface area contributed by atoms with E-state index in [0.29, 0.717) is 17.6 Å². The molecule has 0 spiro atoms. The normalized spacial score (nSPS) is 29.4. The van der Waals surface area contributed by atoms with E-state index >= 15 is 0 Å². The summed E-state index contributed by atoms with van der Waals surface area (Å²) in [5.41, 5.74) is 7.11. The van der Waals surface area contributed by atoms with Crippen molar-refractivity contribution in [2.24, 2.45) is 5.92 Å². The number of rotatable bonds is 3. The van der Waals surface area contributed by atoms with Gasteiger partial charge in [-0.25, -0.2) is 8.42 Å². The highest BCUT2D eigenvalue weighted by Gasteiger charge is 2.34. The van der Waals surface area contributed by atoms with E-state index in [-0.39, 0.29) is 4.90 Å². The number of hydrogen-bond acceptors (Lipinski definition) is 5. The number of piperidine rings is 3. The first-order valence-corrected chi connectivity index (χ1v) is 8.92. The highest BCUT2D eigenvalue weighted by Crippen LogP contribution is 2.33. The highest BCUT2D eigenvalue weighted by molar-refractivity contribution is 7.90. The van der Waals surface area contributed by atoms with Gasteiger partial charge in [0.2, 0.25) is 0 Å². The van der Waals surface area contributed by atoms with Crippen LogP contribution in [0.2, 0.25) is 0 Å². The van der Waals surface area contributed by atoms with Crippen LogP contribution in [0.4, 0.5) is 11.4 Å². The minimum atomic E-state index is -3.28. The number of nitrogens with one attached hydrogen (secondary N) is 1. The summed E-state index contributed by atoms with van der Waals surface area (Å²) in [6.07, 6.45) is 3.61. The third-order valence-corrected chi connectivity index (χ3v) is 5.62. The lowest BCUT2D eigenvalue weighted by Crippen LogP contribution is -2.53. The van der Waals surface area contributed by atoms with Gasteiger partial charge in [0, 0.05) is 18.8 Å². The van der Waals surface area contributed by atoms with Crippen LogP contribution in [0.25, 0.3) is 0 Å². The number of hydrogen-bond donors (Lipinski definition) is 2. The zero-order valence-electron chi connectivity index (χ0n) is 11.7. The lowest BCUT2D eigenvalue weighted by molar-refractivity contribution is 0.0975. The third-order valence-electron chi connectivity index (χ3n) is 4.46. The number of benzene rings is 1. The smallest absolute Gasteiger partial charge is 0.177 e. The summed E-state index contributed by atoms with van der Waals surface area (Å²) in [6.45, 7) is 3.39. The largest absolute Gasteiger partial charge is 0.396 e. The van der Waals surface area contributed by atoms with Crippen molar-refractivity contribution >= 4 is 21.2 Å². The van der Waals surface area contributed by atoms with E-state index in [1.807, 2.05) is 6.07 Å². The van der Waals surface area contributed by atoms with E-state index in [1.54, 1.807) is 12.1 Å². The molecule has 6 heteroatoms. The maximum atomic E-state index is 11.7. The Labute approximate surface area is 120 Å². The molecule has 4 rings (SSSR count). The summed E-state index contributed by atoms with van der Waals surface area (Å²) < 4.78 is 23.4. The van der Waals surface area contributed by atoms with Crippen molar-refractivity contribution in [2.75, 3.05) is 36.9 Å². The summed E-state index contributed by atoms with van der Waals surface area (Å²) in [4.78, 5) is 2.66. The number of nitrogens with two attached hydrogens (primary N) is 1. The summed E-state index contributed by atoms with van der Waals surface area (Å²) in [5, 5.41) is 3.46. The second-order valence-corrected chi connectivity index (χ2v) is 7.86. The molecule has 0 saturated carbocycles. The Hall–Kier alpha value is -1.27. The number of fused-ring (bicyclic) bond motifs is 3. The van der Waals surface area contributed by atoms with Crippen molar-refractivity contribution in [1.29, 1.82) is 0 Å². The molecule has 110 valence electrons. The molecule has 0 aromatic heterocycles. The van der Waals surface area contributed by atoms with Crippen LogP contribution in [0.15, 0.2) is 23.1 Å². The minimum Gasteiger partial charge on any atom is -0.396 e. The van der Waals surface area contributed by atoms with Gasteiger partial charge in [-0.15, -0.1) is 0 Å². The van der Waals surface area contributed by atoms with E-state index < -0.39 is 9.84 Å². The first-order valence-electron chi connectivity index (χ1n) is 7.02. The van der Waals surface area contributed by atoms with Crippen molar-refractivity contribution in [3.8, 4) is 0 Å². The van der Waals surface area contributed by atoms with Crippen LogP contribution < -0.4 is 11.1 Å². The molecule has 3 saturated heterocycles. The second kappa shape index (κ2) is 4.93. The van der Waals surface area contributed by atoms with E-state index in [0.717, 1.165) is 12.2 Å². The molecule has 3 aliphatic heterocycles. The molecule has 3 aliphatic rings. The van der Waals surface area contributed by atoms with Crippen LogP contribution in [-0.4, -0.2) is 45.2 Å². The minimum absolute atomic E-state index is 0.212. The quantitative estimate of drug-likeness (QED) is 0.819. The van der Waals surface area contributed by atoms with Crippen LogP contribution in [-0.2, 0) is 9.84 Å². The van der Waals surface area contributed by atoms with Crippen molar-refractivity contribution in [1.82, 2.24) is 4.90 Å². The highest BCUT2D eigenvalue weighted by atomic mass is 32.2. The molecule has 3 N–H and O–H groups in total. The Balaban J connectivity index is 1.85. The van der Waals surface area contributed by atoms with Gasteiger partial charge in [0.15, 0.2) is 9.84 Å². The standard InChI is InChI=1S/C14H21N3O2S/c1-20(18,19)13-4-2-3-11(14(13)15)16-12-9-17-7-5-10(12)6-8-17/h2-4,10,12,16H,5-9,15H2,1H3. The average Bonchev–Trinajstić information content (AvgIpc) is 2.41. The van der Waals surface area contributed by atoms with Gasteiger partial charge in [0.05, 0.1) is 16.3 Å². The van der Waals surface area contributed by atoms with Crippen LogP contribution >= 0.6 is 0 Å². The van der Waals surface area contributed by atoms with Crippen molar-refractivity contribution in [3.63, 3.8) is 0 Å². The molecule has 0 amide bonds. The lowest BCUT2D eigenvalue weighted by Gasteiger charge is -2.45. The van der Waals surface area contributed by atoms with E-state index in [9.17, 15) is 8.42 Å². The van der Waals surface area contributed by atoms with Crippen LogP contribution in [0, 0.1) is 5.92 Å². The van der Waals surface area contributed by atoms with Gasteiger partial charge in [0.1, 0.15) is 0 Å². The summed E-state index contributed by atoms with van der Waals surface area (Å²) in [5.74, 6) is 0.668. The van der Waals surface area contributed by atoms with Crippen LogP contribution in [0.3, 0.4) is 0 Å². The lowest BCUT2D eigenvalue weighted by atomic mass is 9.84. The van der Waals surface area contributed by atoms with Crippen LogP contribution in [0.5, 0.6) is 0 Å².